The number of phenolic OH excluding ortho intramolecular Hbond substituents is 1. The van der Waals surface area contributed by atoms with E-state index in [4.69, 9.17) is 27.4 Å². The number of aromatic hydroxyl groups is 1. The third-order valence-electron chi connectivity index (χ3n) is 1.44. The fourth-order valence-electron chi connectivity index (χ4n) is 0.900. The zero-order chi connectivity index (χ0) is 10.9. The van der Waals surface area contributed by atoms with Crippen LogP contribution in [0.2, 0.25) is 5.02 Å². The van der Waals surface area contributed by atoms with Gasteiger partial charge < -0.3 is 5.11 Å². The topological polar surface area (TPSA) is 54.4 Å². The summed E-state index contributed by atoms with van der Waals surface area (Å²) in [6.45, 7) is 0. The number of benzene rings is 1. The summed E-state index contributed by atoms with van der Waals surface area (Å²) in [7, 11) is 1.07. The second kappa shape index (κ2) is 3.92. The van der Waals surface area contributed by atoms with Crippen molar-refractivity contribution in [3.05, 3.63) is 28.5 Å². The molecule has 0 aliphatic heterocycles. The van der Waals surface area contributed by atoms with Gasteiger partial charge in [0.25, 0.3) is 0 Å². The molecule has 3 nitrogen and oxygen atoms in total. The Labute approximate surface area is 89.5 Å². The Morgan fingerprint density at radius 2 is 2.00 bits per heavy atom. The average Bonchev–Trinajstić information content (AvgIpc) is 1.95. The molecule has 0 amide bonds. The molecule has 1 aromatic carbocycles. The van der Waals surface area contributed by atoms with E-state index in [2.05, 4.69) is 0 Å². The van der Waals surface area contributed by atoms with Crippen molar-refractivity contribution < 1.29 is 17.9 Å². The smallest absolute Gasteiger partial charge is 0.236 e. The summed E-state index contributed by atoms with van der Waals surface area (Å²) in [4.78, 5) is 0. The predicted octanol–water partition coefficient (Wildman–Crippen LogP) is 2.25. The fraction of sp³-hybridized carbons (Fsp3) is 0.143. The molecular weight excluding hydrogens is 254 g/mol. The van der Waals surface area contributed by atoms with Crippen LogP contribution < -0.4 is 0 Å². The van der Waals surface area contributed by atoms with Crippen LogP contribution in [-0.4, -0.2) is 13.5 Å². The molecule has 78 valence electrons. The minimum Gasteiger partial charge on any atom is -0.508 e. The molecule has 14 heavy (non-hydrogen) atoms. The van der Waals surface area contributed by atoms with Crippen LogP contribution in [0.1, 0.15) is 5.56 Å². The SMILES string of the molecule is O=S(=O)(Cl)Cc1c(F)cc(O)cc1Cl. The Morgan fingerprint density at radius 3 is 2.43 bits per heavy atom. The molecule has 0 aliphatic carbocycles. The Kier molecular flexibility index (Phi) is 3.24. The van der Waals surface area contributed by atoms with Gasteiger partial charge in [-0.05, 0) is 6.07 Å². The van der Waals surface area contributed by atoms with Crippen molar-refractivity contribution in [1.29, 1.82) is 0 Å². The summed E-state index contributed by atoms with van der Waals surface area (Å²) >= 11 is 5.52. The van der Waals surface area contributed by atoms with Gasteiger partial charge in [-0.25, -0.2) is 12.8 Å². The van der Waals surface area contributed by atoms with E-state index in [0.717, 1.165) is 12.1 Å². The monoisotopic (exact) mass is 258 g/mol. The van der Waals surface area contributed by atoms with Crippen LogP contribution in [0.25, 0.3) is 0 Å². The van der Waals surface area contributed by atoms with E-state index in [9.17, 15) is 12.8 Å². The first kappa shape index (κ1) is 11.6. The van der Waals surface area contributed by atoms with Crippen molar-refractivity contribution in [1.82, 2.24) is 0 Å². The second-order valence-corrected chi connectivity index (χ2v) is 5.76. The molecule has 0 fully saturated rings. The number of phenols is 1. The van der Waals surface area contributed by atoms with Crippen molar-refractivity contribution in [2.75, 3.05) is 0 Å². The highest BCUT2D eigenvalue weighted by atomic mass is 35.7. The van der Waals surface area contributed by atoms with Gasteiger partial charge in [-0.2, -0.15) is 0 Å². The lowest BCUT2D eigenvalue weighted by Crippen LogP contribution is -1.99. The minimum absolute atomic E-state index is 0.174. The molecule has 1 N–H and O–H groups in total. The molecule has 0 saturated heterocycles. The Morgan fingerprint density at radius 1 is 1.43 bits per heavy atom. The van der Waals surface area contributed by atoms with Crippen molar-refractivity contribution in [2.45, 2.75) is 5.75 Å². The Balaban J connectivity index is 3.22. The minimum atomic E-state index is -3.87. The molecule has 0 aliphatic rings. The van der Waals surface area contributed by atoms with Crippen molar-refractivity contribution in [3.8, 4) is 5.75 Å². The standard InChI is InChI=1S/C7H5Cl2FO3S/c8-6-1-4(11)2-7(10)5(6)3-14(9,12)13/h1-2,11H,3H2. The molecule has 1 rings (SSSR count). The summed E-state index contributed by atoms with van der Waals surface area (Å²) in [5.41, 5.74) is -0.250. The lowest BCUT2D eigenvalue weighted by atomic mass is 10.2. The first-order valence-electron chi connectivity index (χ1n) is 3.39. The van der Waals surface area contributed by atoms with Crippen molar-refractivity contribution >= 4 is 31.3 Å². The highest BCUT2D eigenvalue weighted by molar-refractivity contribution is 8.13. The molecule has 1 aromatic rings. The maximum atomic E-state index is 13.1. The normalized spacial score (nSPS) is 11.6. The van der Waals surface area contributed by atoms with Gasteiger partial charge in [-0.3, -0.25) is 0 Å². The van der Waals surface area contributed by atoms with E-state index in [-0.39, 0.29) is 16.3 Å². The summed E-state index contributed by atoms with van der Waals surface area (Å²) < 4.78 is 34.4. The van der Waals surface area contributed by atoms with E-state index in [1.807, 2.05) is 0 Å². The van der Waals surface area contributed by atoms with Gasteiger partial charge in [0.05, 0.1) is 10.8 Å². The van der Waals surface area contributed by atoms with E-state index >= 15 is 0 Å². The van der Waals surface area contributed by atoms with Gasteiger partial charge in [0, 0.05) is 22.3 Å². The van der Waals surface area contributed by atoms with Crippen LogP contribution in [0.5, 0.6) is 5.75 Å². The quantitative estimate of drug-likeness (QED) is 0.829. The molecule has 0 aromatic heterocycles. The zero-order valence-corrected chi connectivity index (χ0v) is 9.00. The van der Waals surface area contributed by atoms with E-state index < -0.39 is 20.6 Å². The summed E-state index contributed by atoms with van der Waals surface area (Å²) in [6.07, 6.45) is 0. The zero-order valence-electron chi connectivity index (χ0n) is 6.67. The molecule has 0 saturated carbocycles. The number of rotatable bonds is 2. The molecule has 0 spiro atoms. The van der Waals surface area contributed by atoms with Gasteiger partial charge >= 0.3 is 0 Å². The van der Waals surface area contributed by atoms with Crippen LogP contribution in [0.4, 0.5) is 4.39 Å². The summed E-state index contributed by atoms with van der Waals surface area (Å²) in [6, 6.07) is 1.81. The van der Waals surface area contributed by atoms with Gasteiger partial charge in [0.1, 0.15) is 11.6 Å². The van der Waals surface area contributed by atoms with Crippen molar-refractivity contribution in [3.63, 3.8) is 0 Å². The third-order valence-corrected chi connectivity index (χ3v) is 2.74. The lowest BCUT2D eigenvalue weighted by molar-refractivity contribution is 0.468. The Hall–Kier alpha value is -0.520. The first-order chi connectivity index (χ1) is 6.29. The molecule has 0 atom stereocenters. The summed E-state index contributed by atoms with van der Waals surface area (Å²) in [5.74, 6) is -1.98. The molecule has 0 unspecified atom stereocenters. The van der Waals surface area contributed by atoms with Gasteiger partial charge in [0.15, 0.2) is 0 Å². The fourth-order valence-corrected chi connectivity index (χ4v) is 2.21. The molecule has 0 bridgehead atoms. The predicted molar refractivity (Wildman–Crippen MR) is 51.6 cm³/mol. The molecule has 0 radical (unpaired) electrons. The summed E-state index contributed by atoms with van der Waals surface area (Å²) in [5, 5.41) is 8.74. The van der Waals surface area contributed by atoms with Gasteiger partial charge in [-0.1, -0.05) is 11.6 Å². The average molecular weight is 259 g/mol. The van der Waals surface area contributed by atoms with Crippen LogP contribution in [0, 0.1) is 5.82 Å². The van der Waals surface area contributed by atoms with Crippen LogP contribution in [0.15, 0.2) is 12.1 Å². The maximum Gasteiger partial charge on any atom is 0.236 e. The highest BCUT2D eigenvalue weighted by Gasteiger charge is 2.16. The van der Waals surface area contributed by atoms with Crippen LogP contribution in [0.3, 0.4) is 0 Å². The number of halogens is 3. The highest BCUT2D eigenvalue weighted by Crippen LogP contribution is 2.27. The Bertz CT molecular complexity index is 435. The largest absolute Gasteiger partial charge is 0.508 e. The van der Waals surface area contributed by atoms with Gasteiger partial charge in [0.2, 0.25) is 9.05 Å². The number of hydrogen-bond acceptors (Lipinski definition) is 3. The lowest BCUT2D eigenvalue weighted by Gasteiger charge is -2.04. The van der Waals surface area contributed by atoms with Crippen LogP contribution in [-0.2, 0) is 14.8 Å². The first-order valence-corrected chi connectivity index (χ1v) is 6.24. The molecule has 0 heterocycles. The van der Waals surface area contributed by atoms with E-state index in [1.54, 1.807) is 0 Å². The second-order valence-electron chi connectivity index (χ2n) is 2.57. The third kappa shape index (κ3) is 3.01. The maximum absolute atomic E-state index is 13.1. The van der Waals surface area contributed by atoms with E-state index in [0.29, 0.717) is 0 Å². The van der Waals surface area contributed by atoms with Gasteiger partial charge in [-0.15, -0.1) is 0 Å². The molecule has 7 heteroatoms. The van der Waals surface area contributed by atoms with E-state index in [1.165, 1.54) is 0 Å². The van der Waals surface area contributed by atoms with Crippen LogP contribution >= 0.6 is 22.3 Å². The van der Waals surface area contributed by atoms with Crippen molar-refractivity contribution in [2.24, 2.45) is 0 Å². The molecular formula is C7H5Cl2FO3S. The number of hydrogen-bond donors (Lipinski definition) is 1.